The SMILES string of the molecule is [Co].[Ir].[Ni].[Pt].[Ru]. The second kappa shape index (κ2) is 28.2. The average Bonchev–Trinajstić information content (AvgIpc) is 0. The molecule has 0 aromatic carbocycles. The molecule has 0 nitrogen and oxygen atoms in total. The molecule has 0 atom stereocenters. The van der Waals surface area contributed by atoms with E-state index in [0.717, 1.165) is 0 Å². The van der Waals surface area contributed by atoms with E-state index in [1.54, 1.807) is 0 Å². The van der Waals surface area contributed by atoms with Crippen LogP contribution in [0.3, 0.4) is 0 Å². The Labute approximate surface area is 92.5 Å². The van der Waals surface area contributed by atoms with Crippen molar-refractivity contribution < 1.29 is 93.9 Å². The van der Waals surface area contributed by atoms with Crippen molar-refractivity contribution in [3.8, 4) is 0 Å². The van der Waals surface area contributed by atoms with Crippen LogP contribution in [-0.4, -0.2) is 0 Å². The van der Waals surface area contributed by atoms with E-state index in [9.17, 15) is 0 Å². The standard InChI is InChI=1S/Co.Ir.Ni.Pt.Ru. The van der Waals surface area contributed by atoms with Crippen molar-refractivity contribution in [2.24, 2.45) is 0 Å². The van der Waals surface area contributed by atoms with Gasteiger partial charge in [0, 0.05) is 93.9 Å². The normalized spacial score (nSPS) is 0. The molecule has 0 aliphatic heterocycles. The van der Waals surface area contributed by atoms with Crippen molar-refractivity contribution >= 4 is 0 Å². The molecule has 5 heavy (non-hydrogen) atoms. The van der Waals surface area contributed by atoms with Crippen LogP contribution in [0, 0.1) is 0 Å². The van der Waals surface area contributed by atoms with Gasteiger partial charge in [-0.25, -0.2) is 0 Å². The second-order valence-electron chi connectivity index (χ2n) is 0. The minimum atomic E-state index is 0. The quantitative estimate of drug-likeness (QED) is 0.341. The first-order valence-electron chi connectivity index (χ1n) is 0. The predicted molar refractivity (Wildman–Crippen MR) is 0 cm³/mol. The minimum Gasteiger partial charge on any atom is 0 e. The topological polar surface area (TPSA) is 0 Å². The molecule has 0 saturated carbocycles. The van der Waals surface area contributed by atoms with Crippen LogP contribution in [0.4, 0.5) is 0 Å². The molecular weight excluding hydrogens is 606 g/mol. The second-order valence-corrected chi connectivity index (χ2v) is 0. The third-order valence-electron chi connectivity index (χ3n) is 0. The van der Waals surface area contributed by atoms with Crippen LogP contribution in [0.5, 0.6) is 0 Å². The molecular formula is CoIrNiPtRu. The van der Waals surface area contributed by atoms with Crippen molar-refractivity contribution in [3.05, 3.63) is 0 Å². The number of hydrogen-bond donors (Lipinski definition) is 0. The van der Waals surface area contributed by atoms with Crippen molar-refractivity contribution in [2.45, 2.75) is 0 Å². The fraction of sp³-hybridized carbons (Fsp3) is 0. The molecule has 0 aromatic rings. The summed E-state index contributed by atoms with van der Waals surface area (Å²) in [6.45, 7) is 0. The molecule has 5 heteroatoms. The van der Waals surface area contributed by atoms with E-state index in [4.69, 9.17) is 0 Å². The number of hydrogen-bond acceptors (Lipinski definition) is 0. The molecule has 0 saturated heterocycles. The summed E-state index contributed by atoms with van der Waals surface area (Å²) in [6.07, 6.45) is 0. The van der Waals surface area contributed by atoms with Gasteiger partial charge in [-0.05, 0) is 0 Å². The fourth-order valence-electron chi connectivity index (χ4n) is 0. The maximum atomic E-state index is 0. The van der Waals surface area contributed by atoms with E-state index in [2.05, 4.69) is 0 Å². The predicted octanol–water partition coefficient (Wildman–Crippen LogP) is -0.0125. The van der Waals surface area contributed by atoms with E-state index >= 15 is 0 Å². The summed E-state index contributed by atoms with van der Waals surface area (Å²) < 4.78 is 0. The molecule has 0 spiro atoms. The maximum absolute atomic E-state index is 0. The van der Waals surface area contributed by atoms with Gasteiger partial charge in [-0.15, -0.1) is 0 Å². The van der Waals surface area contributed by atoms with Crippen LogP contribution in [0.2, 0.25) is 0 Å². The van der Waals surface area contributed by atoms with Gasteiger partial charge in [0.05, 0.1) is 0 Å². The Morgan fingerprint density at radius 1 is 1.00 bits per heavy atom. The molecule has 0 unspecified atom stereocenters. The van der Waals surface area contributed by atoms with Gasteiger partial charge in [-0.3, -0.25) is 0 Å². The smallest absolute Gasteiger partial charge is 0 e. The Morgan fingerprint density at radius 3 is 1.00 bits per heavy atom. The van der Waals surface area contributed by atoms with Gasteiger partial charge in [0.1, 0.15) is 0 Å². The Bertz CT molecular complexity index is 11.6. The van der Waals surface area contributed by atoms with Gasteiger partial charge in [0.2, 0.25) is 0 Å². The average molecular weight is 606 g/mol. The summed E-state index contributed by atoms with van der Waals surface area (Å²) in [7, 11) is 0. The summed E-state index contributed by atoms with van der Waals surface area (Å²) in [5.41, 5.74) is 0. The van der Waals surface area contributed by atoms with Crippen LogP contribution in [0.15, 0.2) is 0 Å². The molecule has 0 aliphatic rings. The van der Waals surface area contributed by atoms with Gasteiger partial charge in [-0.2, -0.15) is 0 Å². The monoisotopic (exact) mass is 607 g/mol. The van der Waals surface area contributed by atoms with Crippen LogP contribution in [0.25, 0.3) is 0 Å². The molecule has 2 radical (unpaired) electrons. The third kappa shape index (κ3) is 19.5. The van der Waals surface area contributed by atoms with Crippen molar-refractivity contribution in [2.75, 3.05) is 0 Å². The van der Waals surface area contributed by atoms with E-state index in [0.29, 0.717) is 0 Å². The maximum Gasteiger partial charge on any atom is 0 e. The Hall–Kier alpha value is 2.96. The van der Waals surface area contributed by atoms with E-state index in [-0.39, 0.29) is 93.9 Å². The third-order valence-corrected chi connectivity index (χ3v) is 0. The van der Waals surface area contributed by atoms with Gasteiger partial charge in [0.25, 0.3) is 0 Å². The Balaban J connectivity index is 0. The summed E-state index contributed by atoms with van der Waals surface area (Å²) in [5, 5.41) is 0. The fourth-order valence-corrected chi connectivity index (χ4v) is 0. The molecule has 0 N–H and O–H groups in total. The van der Waals surface area contributed by atoms with Gasteiger partial charge in [-0.1, -0.05) is 0 Å². The molecule has 0 amide bonds. The summed E-state index contributed by atoms with van der Waals surface area (Å²) >= 11 is 0. The molecule has 0 fully saturated rings. The Morgan fingerprint density at radius 2 is 1.00 bits per heavy atom. The van der Waals surface area contributed by atoms with Crippen molar-refractivity contribution in [1.82, 2.24) is 0 Å². The van der Waals surface area contributed by atoms with Gasteiger partial charge < -0.3 is 0 Å². The molecule has 0 rings (SSSR count). The summed E-state index contributed by atoms with van der Waals surface area (Å²) in [6, 6.07) is 0. The largest absolute Gasteiger partial charge is 0 e. The zero-order valence-corrected chi connectivity index (χ0v) is 10.1. The Kier molecular flexibility index (Phi) is 248. The van der Waals surface area contributed by atoms with Crippen molar-refractivity contribution in [1.29, 1.82) is 0 Å². The molecule has 0 aliphatic carbocycles. The minimum absolute atomic E-state index is 0. The number of rotatable bonds is 0. The van der Waals surface area contributed by atoms with Crippen LogP contribution in [0.1, 0.15) is 0 Å². The van der Waals surface area contributed by atoms with Crippen LogP contribution in [-0.2, 0) is 93.9 Å². The summed E-state index contributed by atoms with van der Waals surface area (Å²) in [4.78, 5) is 0. The first kappa shape index (κ1) is 44.0. The summed E-state index contributed by atoms with van der Waals surface area (Å²) in [5.74, 6) is 0. The first-order valence-corrected chi connectivity index (χ1v) is 0. The van der Waals surface area contributed by atoms with E-state index in [1.807, 2.05) is 0 Å². The van der Waals surface area contributed by atoms with Crippen LogP contribution < -0.4 is 0 Å². The zero-order chi connectivity index (χ0) is 0. The van der Waals surface area contributed by atoms with E-state index in [1.165, 1.54) is 0 Å². The molecule has 0 bridgehead atoms. The van der Waals surface area contributed by atoms with Gasteiger partial charge in [0.15, 0.2) is 0 Å². The van der Waals surface area contributed by atoms with Crippen molar-refractivity contribution in [3.63, 3.8) is 0 Å². The first-order chi connectivity index (χ1) is 0. The van der Waals surface area contributed by atoms with Gasteiger partial charge >= 0.3 is 0 Å². The molecule has 0 heterocycles. The van der Waals surface area contributed by atoms with E-state index < -0.39 is 0 Å². The van der Waals surface area contributed by atoms with Crippen LogP contribution >= 0.6 is 0 Å². The zero-order valence-electron chi connectivity index (χ0n) is 1.65. The molecule has 46 valence electrons. The molecule has 0 aromatic heterocycles.